The molecule has 0 radical (unpaired) electrons. The first kappa shape index (κ1) is 26.8. The molecule has 0 heterocycles. The van der Waals surface area contributed by atoms with Gasteiger partial charge in [-0.05, 0) is 13.3 Å². The molecule has 0 aromatic rings. The van der Waals surface area contributed by atoms with Crippen LogP contribution in [-0.4, -0.2) is 24.1 Å². The number of esters is 3. The van der Waals surface area contributed by atoms with E-state index in [1.807, 2.05) is 0 Å². The van der Waals surface area contributed by atoms with Crippen LogP contribution in [0.5, 0.6) is 0 Å². The van der Waals surface area contributed by atoms with Crippen molar-refractivity contribution in [3.8, 4) is 0 Å². The molecule has 0 aromatic carbocycles. The average Bonchev–Trinajstić information content (AvgIpc) is 2.50. The van der Waals surface area contributed by atoms with Crippen LogP contribution in [0.4, 0.5) is 0 Å². The molecule has 25 heavy (non-hydrogen) atoms. The molecule has 0 rings (SSSR count). The molecule has 0 fully saturated rings. The van der Waals surface area contributed by atoms with Crippen LogP contribution in [0.1, 0.15) is 92.3 Å². The SMILES string of the molecule is CCCCCCCCCCCC(=O)OC(=O)CCC(=O)OC(C)N.[H-].[Na+]. The molecular weight excluding hydrogens is 333 g/mol. The van der Waals surface area contributed by atoms with Gasteiger partial charge in [-0.25, -0.2) is 0 Å². The Morgan fingerprint density at radius 1 is 0.800 bits per heavy atom. The van der Waals surface area contributed by atoms with E-state index in [0.29, 0.717) is 0 Å². The molecule has 0 aromatic heterocycles. The molecule has 0 saturated heterocycles. The Hall–Kier alpha value is -0.430. The van der Waals surface area contributed by atoms with Crippen molar-refractivity contribution in [2.24, 2.45) is 5.73 Å². The second-order valence-electron chi connectivity index (χ2n) is 6.12. The molecule has 0 saturated carbocycles. The Labute approximate surface area is 175 Å². The third-order valence-electron chi connectivity index (χ3n) is 3.56. The number of hydrogen-bond acceptors (Lipinski definition) is 6. The molecule has 0 spiro atoms. The summed E-state index contributed by atoms with van der Waals surface area (Å²) >= 11 is 0. The number of rotatable bonds is 14. The fraction of sp³-hybridized carbons (Fsp3) is 0.833. The minimum absolute atomic E-state index is 0. The van der Waals surface area contributed by atoms with Gasteiger partial charge in [-0.1, -0.05) is 58.3 Å². The first-order valence-electron chi connectivity index (χ1n) is 9.14. The number of ether oxygens (including phenoxy) is 2. The maximum absolute atomic E-state index is 11.5. The van der Waals surface area contributed by atoms with E-state index in [1.165, 1.54) is 45.4 Å². The first-order valence-corrected chi connectivity index (χ1v) is 9.14. The largest absolute Gasteiger partial charge is 1.00 e. The summed E-state index contributed by atoms with van der Waals surface area (Å²) in [4.78, 5) is 34.1. The van der Waals surface area contributed by atoms with Gasteiger partial charge in [0.25, 0.3) is 0 Å². The topological polar surface area (TPSA) is 95.7 Å². The van der Waals surface area contributed by atoms with Crippen molar-refractivity contribution in [2.75, 3.05) is 0 Å². The Bertz CT molecular complexity index is 381. The second kappa shape index (κ2) is 18.4. The van der Waals surface area contributed by atoms with E-state index >= 15 is 0 Å². The summed E-state index contributed by atoms with van der Waals surface area (Å²) in [5, 5.41) is 0. The molecule has 0 aliphatic rings. The summed E-state index contributed by atoms with van der Waals surface area (Å²) in [6.45, 7) is 3.72. The minimum atomic E-state index is -0.707. The van der Waals surface area contributed by atoms with Crippen LogP contribution in [0.15, 0.2) is 0 Å². The van der Waals surface area contributed by atoms with Gasteiger partial charge in [-0.2, -0.15) is 0 Å². The maximum Gasteiger partial charge on any atom is 1.00 e. The minimum Gasteiger partial charge on any atom is -1.00 e. The number of nitrogens with two attached hydrogens (primary N) is 1. The number of carbonyl (C=O) groups is 3. The zero-order valence-electron chi connectivity index (χ0n) is 17.2. The number of unbranched alkanes of at least 4 members (excludes halogenated alkanes) is 8. The molecule has 1 atom stereocenters. The van der Waals surface area contributed by atoms with E-state index in [1.54, 1.807) is 0 Å². The van der Waals surface area contributed by atoms with Gasteiger partial charge in [0, 0.05) is 6.42 Å². The Morgan fingerprint density at radius 3 is 1.76 bits per heavy atom. The van der Waals surface area contributed by atoms with Gasteiger partial charge in [0.15, 0.2) is 0 Å². The maximum atomic E-state index is 11.5. The van der Waals surface area contributed by atoms with Gasteiger partial charge < -0.3 is 10.9 Å². The van der Waals surface area contributed by atoms with Crippen LogP contribution in [0.2, 0.25) is 0 Å². The van der Waals surface area contributed by atoms with Gasteiger partial charge in [-0.15, -0.1) is 0 Å². The van der Waals surface area contributed by atoms with Crippen molar-refractivity contribution < 1.29 is 54.8 Å². The van der Waals surface area contributed by atoms with Crippen LogP contribution in [0.25, 0.3) is 0 Å². The molecule has 1 unspecified atom stereocenters. The summed E-state index contributed by atoms with van der Waals surface area (Å²) < 4.78 is 9.35. The molecule has 7 heteroatoms. The molecule has 142 valence electrons. The van der Waals surface area contributed by atoms with E-state index in [2.05, 4.69) is 16.4 Å². The van der Waals surface area contributed by atoms with Crippen LogP contribution >= 0.6 is 0 Å². The van der Waals surface area contributed by atoms with Gasteiger partial charge in [-0.3, -0.25) is 20.1 Å². The zero-order valence-corrected chi connectivity index (χ0v) is 18.2. The predicted molar refractivity (Wildman–Crippen MR) is 93.0 cm³/mol. The normalized spacial score (nSPS) is 11.3. The molecule has 0 aliphatic carbocycles. The molecule has 6 nitrogen and oxygen atoms in total. The van der Waals surface area contributed by atoms with Crippen LogP contribution in [0, 0.1) is 0 Å². The van der Waals surface area contributed by atoms with Crippen molar-refractivity contribution in [2.45, 2.75) is 97.1 Å². The van der Waals surface area contributed by atoms with Gasteiger partial charge in [0.05, 0.1) is 12.8 Å². The van der Waals surface area contributed by atoms with Crippen molar-refractivity contribution in [3.05, 3.63) is 0 Å². The van der Waals surface area contributed by atoms with E-state index in [-0.39, 0.29) is 50.2 Å². The molecular formula is C18H34NNaO5. The van der Waals surface area contributed by atoms with Crippen molar-refractivity contribution >= 4 is 17.9 Å². The third kappa shape index (κ3) is 19.7. The Morgan fingerprint density at radius 2 is 1.24 bits per heavy atom. The first-order chi connectivity index (χ1) is 11.5. The van der Waals surface area contributed by atoms with Gasteiger partial charge in [0.1, 0.15) is 6.23 Å². The Balaban J connectivity index is -0.00000264. The number of hydrogen-bond donors (Lipinski definition) is 1. The van der Waals surface area contributed by atoms with Crippen molar-refractivity contribution in [3.63, 3.8) is 0 Å². The summed E-state index contributed by atoms with van der Waals surface area (Å²) in [6, 6.07) is 0. The van der Waals surface area contributed by atoms with E-state index < -0.39 is 24.1 Å². The summed E-state index contributed by atoms with van der Waals surface area (Å²) in [6.07, 6.45) is 9.64. The van der Waals surface area contributed by atoms with Crippen LogP contribution < -0.4 is 35.3 Å². The van der Waals surface area contributed by atoms with E-state index in [0.717, 1.165) is 19.3 Å². The number of carbonyl (C=O) groups excluding carboxylic acids is 3. The quantitative estimate of drug-likeness (QED) is 0.160. The molecule has 0 aliphatic heterocycles. The summed E-state index contributed by atoms with van der Waals surface area (Å²) in [7, 11) is 0. The summed E-state index contributed by atoms with van der Waals surface area (Å²) in [5.41, 5.74) is 5.29. The smallest absolute Gasteiger partial charge is 1.00 e. The fourth-order valence-electron chi connectivity index (χ4n) is 2.28. The van der Waals surface area contributed by atoms with Crippen LogP contribution in [-0.2, 0) is 23.9 Å². The molecule has 0 amide bonds. The third-order valence-corrected chi connectivity index (χ3v) is 3.56. The second-order valence-corrected chi connectivity index (χ2v) is 6.12. The fourth-order valence-corrected chi connectivity index (χ4v) is 2.28. The average molecular weight is 367 g/mol. The Kier molecular flexibility index (Phi) is 19.7. The molecule has 2 N–H and O–H groups in total. The van der Waals surface area contributed by atoms with Crippen molar-refractivity contribution in [1.29, 1.82) is 0 Å². The molecule has 0 bridgehead atoms. The van der Waals surface area contributed by atoms with Crippen LogP contribution in [0.3, 0.4) is 0 Å². The zero-order chi connectivity index (χ0) is 18.2. The van der Waals surface area contributed by atoms with Crippen molar-refractivity contribution in [1.82, 2.24) is 0 Å². The van der Waals surface area contributed by atoms with Gasteiger partial charge in [0.2, 0.25) is 0 Å². The van der Waals surface area contributed by atoms with Gasteiger partial charge >= 0.3 is 47.5 Å². The monoisotopic (exact) mass is 367 g/mol. The predicted octanol–water partition coefficient (Wildman–Crippen LogP) is 0.722. The van der Waals surface area contributed by atoms with E-state index in [9.17, 15) is 14.4 Å². The standard InChI is InChI=1S/C18H33NO5.Na.H/c1-3-4-5-6-7-8-9-10-11-12-16(20)24-18(22)14-13-17(21)23-15(2)19;;/h15H,3-14,19H2,1-2H3;;/q;+1;-1. The summed E-state index contributed by atoms with van der Waals surface area (Å²) in [5.74, 6) is -1.80. The van der Waals surface area contributed by atoms with E-state index in [4.69, 9.17) is 5.73 Å².